The van der Waals surface area contributed by atoms with Crippen LogP contribution in [0.4, 0.5) is 4.79 Å². The van der Waals surface area contributed by atoms with Gasteiger partial charge < -0.3 is 14.8 Å². The first kappa shape index (κ1) is 21.7. The normalized spacial score (nSPS) is 12.4. The van der Waals surface area contributed by atoms with Crippen LogP contribution in [0.2, 0.25) is 0 Å². The molecule has 0 saturated carbocycles. The standard InChI is InChI=1S/C22H26NO4Si/c1-13-11-16(20(27-28)14(2)18(13)22(3,4)5)19(24)17(23-21(25)26)12-15-9-7-6-8-10-15/h6-11,17,23H,12H2,1-5H3,(H,25,26)/t17-/m0/s1. The van der Waals surface area contributed by atoms with Crippen LogP contribution in [-0.2, 0) is 11.8 Å². The number of aryl methyl sites for hydroxylation is 1. The summed E-state index contributed by atoms with van der Waals surface area (Å²) >= 11 is 0. The second kappa shape index (κ2) is 8.60. The number of ketones is 1. The van der Waals surface area contributed by atoms with Crippen LogP contribution in [0.1, 0.15) is 53.4 Å². The van der Waals surface area contributed by atoms with Gasteiger partial charge in [0.15, 0.2) is 5.78 Å². The summed E-state index contributed by atoms with van der Waals surface area (Å²) in [5, 5.41) is 11.6. The van der Waals surface area contributed by atoms with Gasteiger partial charge in [-0.05, 0) is 47.6 Å². The molecule has 28 heavy (non-hydrogen) atoms. The number of carboxylic acid groups (broad SMARTS) is 1. The molecule has 147 valence electrons. The minimum Gasteiger partial charge on any atom is -0.540 e. The molecule has 0 unspecified atom stereocenters. The van der Waals surface area contributed by atoms with Crippen molar-refractivity contribution in [2.45, 2.75) is 52.5 Å². The van der Waals surface area contributed by atoms with Gasteiger partial charge in [0.2, 0.25) is 0 Å². The predicted octanol–water partition coefficient (Wildman–Crippen LogP) is 4.12. The number of carbonyl (C=O) groups excluding carboxylic acids is 1. The van der Waals surface area contributed by atoms with Crippen molar-refractivity contribution in [3.8, 4) is 5.75 Å². The van der Waals surface area contributed by atoms with Gasteiger partial charge in [-0.1, -0.05) is 51.1 Å². The second-order valence-corrected chi connectivity index (χ2v) is 8.18. The van der Waals surface area contributed by atoms with Gasteiger partial charge in [-0.3, -0.25) is 4.79 Å². The number of hydrogen-bond donors (Lipinski definition) is 2. The molecule has 0 saturated heterocycles. The molecule has 0 heterocycles. The van der Waals surface area contributed by atoms with Crippen molar-refractivity contribution in [1.29, 1.82) is 0 Å². The SMILES string of the molecule is Cc1cc(C(=O)[C@H](Cc2ccccc2)NC(=O)O)c(O[Si])c(C)c1C(C)(C)C. The fraction of sp³-hybridized carbons (Fsp3) is 0.364. The van der Waals surface area contributed by atoms with Crippen LogP contribution in [0.3, 0.4) is 0 Å². The third kappa shape index (κ3) is 4.81. The molecule has 1 atom stereocenters. The van der Waals surface area contributed by atoms with E-state index in [1.54, 1.807) is 6.07 Å². The van der Waals surface area contributed by atoms with Gasteiger partial charge in [0.1, 0.15) is 5.75 Å². The van der Waals surface area contributed by atoms with Crippen molar-refractivity contribution in [3.05, 3.63) is 64.2 Å². The zero-order valence-electron chi connectivity index (χ0n) is 16.9. The highest BCUT2D eigenvalue weighted by Gasteiger charge is 2.29. The largest absolute Gasteiger partial charge is 0.540 e. The highest BCUT2D eigenvalue weighted by atomic mass is 28.2. The van der Waals surface area contributed by atoms with E-state index in [9.17, 15) is 14.7 Å². The summed E-state index contributed by atoms with van der Waals surface area (Å²) in [6.45, 7) is 10.2. The summed E-state index contributed by atoms with van der Waals surface area (Å²) in [5.74, 6) is 0.0913. The van der Waals surface area contributed by atoms with Crippen molar-refractivity contribution >= 4 is 22.4 Å². The van der Waals surface area contributed by atoms with Crippen molar-refractivity contribution in [2.75, 3.05) is 0 Å². The van der Waals surface area contributed by atoms with E-state index in [1.807, 2.05) is 44.2 Å². The maximum Gasteiger partial charge on any atom is 0.405 e. The van der Waals surface area contributed by atoms with Gasteiger partial charge >= 0.3 is 16.6 Å². The Morgan fingerprint density at radius 3 is 2.29 bits per heavy atom. The number of nitrogens with one attached hydrogen (secondary N) is 1. The van der Waals surface area contributed by atoms with Gasteiger partial charge in [0.25, 0.3) is 0 Å². The highest BCUT2D eigenvalue weighted by Crippen LogP contribution is 2.37. The topological polar surface area (TPSA) is 75.6 Å². The van der Waals surface area contributed by atoms with Crippen LogP contribution in [0, 0.1) is 13.8 Å². The van der Waals surface area contributed by atoms with E-state index >= 15 is 0 Å². The minimum atomic E-state index is -1.24. The molecule has 2 rings (SSSR count). The lowest BCUT2D eigenvalue weighted by atomic mass is 9.79. The maximum absolute atomic E-state index is 13.3. The Hall–Kier alpha value is -2.60. The molecule has 2 aromatic carbocycles. The quantitative estimate of drug-likeness (QED) is 0.569. The van der Waals surface area contributed by atoms with Gasteiger partial charge in [-0.2, -0.15) is 0 Å². The average Bonchev–Trinajstić information content (AvgIpc) is 2.59. The molecule has 0 aliphatic rings. The van der Waals surface area contributed by atoms with Crippen LogP contribution in [0.25, 0.3) is 0 Å². The molecule has 2 aromatic rings. The first-order valence-electron chi connectivity index (χ1n) is 9.12. The monoisotopic (exact) mass is 396 g/mol. The molecule has 0 aromatic heterocycles. The molecule has 3 radical (unpaired) electrons. The second-order valence-electron chi connectivity index (χ2n) is 7.98. The number of benzene rings is 2. The van der Waals surface area contributed by atoms with E-state index in [2.05, 4.69) is 36.6 Å². The molecule has 0 spiro atoms. The summed E-state index contributed by atoms with van der Waals surface area (Å²) in [7, 11) is 3.09. The van der Waals surface area contributed by atoms with Gasteiger partial charge in [-0.25, -0.2) is 4.79 Å². The molecule has 0 fully saturated rings. The Morgan fingerprint density at radius 1 is 1.18 bits per heavy atom. The van der Waals surface area contributed by atoms with E-state index in [0.717, 1.165) is 22.3 Å². The molecule has 0 aliphatic heterocycles. The number of hydrogen-bond acceptors (Lipinski definition) is 3. The Bertz CT molecular complexity index is 872. The minimum absolute atomic E-state index is 0.127. The van der Waals surface area contributed by atoms with Crippen LogP contribution >= 0.6 is 0 Å². The van der Waals surface area contributed by atoms with Crippen molar-refractivity contribution in [2.24, 2.45) is 0 Å². The molecular formula is C22H26NO4Si. The molecule has 0 aliphatic carbocycles. The summed E-state index contributed by atoms with van der Waals surface area (Å²) < 4.78 is 5.40. The van der Waals surface area contributed by atoms with Crippen LogP contribution in [0.5, 0.6) is 5.75 Å². The van der Waals surface area contributed by atoms with Gasteiger partial charge in [0, 0.05) is 6.42 Å². The summed E-state index contributed by atoms with van der Waals surface area (Å²) in [5.41, 5.74) is 4.03. The van der Waals surface area contributed by atoms with E-state index in [-0.39, 0.29) is 17.6 Å². The average molecular weight is 397 g/mol. The zero-order valence-corrected chi connectivity index (χ0v) is 17.9. The summed E-state index contributed by atoms with van der Waals surface area (Å²) in [6, 6.07) is 10.2. The number of carbonyl (C=O) groups is 2. The highest BCUT2D eigenvalue weighted by molar-refractivity contribution is 6.07. The Kier molecular flexibility index (Phi) is 6.67. The first-order valence-corrected chi connectivity index (χ1v) is 9.53. The van der Waals surface area contributed by atoms with Crippen molar-refractivity contribution in [3.63, 3.8) is 0 Å². The molecule has 5 nitrogen and oxygen atoms in total. The lowest BCUT2D eigenvalue weighted by molar-refractivity contribution is 0.0934. The van der Waals surface area contributed by atoms with E-state index in [0.29, 0.717) is 11.3 Å². The summed E-state index contributed by atoms with van der Waals surface area (Å²) in [6.07, 6.45) is -0.985. The Labute approximate surface area is 169 Å². The third-order valence-corrected chi connectivity index (χ3v) is 4.93. The molecule has 6 heteroatoms. The van der Waals surface area contributed by atoms with Gasteiger partial charge in [0.05, 0.1) is 11.6 Å². The fourth-order valence-electron chi connectivity index (χ4n) is 3.83. The summed E-state index contributed by atoms with van der Waals surface area (Å²) in [4.78, 5) is 24.6. The number of amides is 1. The first-order chi connectivity index (χ1) is 13.1. The zero-order chi connectivity index (χ0) is 21.1. The third-order valence-electron chi connectivity index (χ3n) is 4.73. The van der Waals surface area contributed by atoms with Gasteiger partial charge in [-0.15, -0.1) is 0 Å². The van der Waals surface area contributed by atoms with Crippen LogP contribution in [-0.4, -0.2) is 33.5 Å². The van der Waals surface area contributed by atoms with Crippen LogP contribution < -0.4 is 9.74 Å². The molecule has 0 bridgehead atoms. The van der Waals surface area contributed by atoms with E-state index < -0.39 is 12.1 Å². The lowest BCUT2D eigenvalue weighted by Gasteiger charge is -2.28. The molecule has 2 N–H and O–H groups in total. The predicted molar refractivity (Wildman–Crippen MR) is 110 cm³/mol. The fourth-order valence-corrected chi connectivity index (χ4v) is 4.09. The molecule has 1 amide bonds. The van der Waals surface area contributed by atoms with Crippen molar-refractivity contribution in [1.82, 2.24) is 5.32 Å². The van der Waals surface area contributed by atoms with E-state index in [1.165, 1.54) is 0 Å². The lowest BCUT2D eigenvalue weighted by Crippen LogP contribution is -2.42. The molecular weight excluding hydrogens is 370 g/mol. The Morgan fingerprint density at radius 2 is 1.79 bits per heavy atom. The number of Topliss-reactive ketones (excluding diaryl/α,β-unsaturated/α-hetero) is 1. The Balaban J connectivity index is 2.53. The maximum atomic E-state index is 13.3. The smallest absolute Gasteiger partial charge is 0.405 e. The van der Waals surface area contributed by atoms with Crippen molar-refractivity contribution < 1.29 is 19.1 Å². The van der Waals surface area contributed by atoms with E-state index in [4.69, 9.17) is 4.43 Å². The number of rotatable bonds is 6. The van der Waals surface area contributed by atoms with Crippen LogP contribution in [0.15, 0.2) is 36.4 Å².